The van der Waals surface area contributed by atoms with Crippen LogP contribution in [0.25, 0.3) is 0 Å². The van der Waals surface area contributed by atoms with E-state index in [0.29, 0.717) is 18.2 Å². The van der Waals surface area contributed by atoms with Crippen molar-refractivity contribution in [2.75, 3.05) is 55.4 Å². The minimum Gasteiger partial charge on any atom is -0.545 e. The summed E-state index contributed by atoms with van der Waals surface area (Å²) < 4.78 is 32.2. The molecule has 0 atom stereocenters. The van der Waals surface area contributed by atoms with Crippen LogP contribution in [-0.2, 0) is 10.1 Å². The second-order valence-corrected chi connectivity index (χ2v) is 9.43. The Balaban J connectivity index is 0. The Bertz CT molecular complexity index is 715. The Kier molecular flexibility index (Phi) is 11.2. The monoisotopic (exact) mass is 420 g/mol. The van der Waals surface area contributed by atoms with Gasteiger partial charge in [-0.15, -0.1) is 0 Å². The molecule has 0 amide bonds. The van der Waals surface area contributed by atoms with E-state index in [2.05, 4.69) is 56.1 Å². The molecule has 0 saturated carbocycles. The molecule has 0 bridgehead atoms. The van der Waals surface area contributed by atoms with Gasteiger partial charge in [0, 0.05) is 0 Å². The molecule has 0 fully saturated rings. The van der Waals surface area contributed by atoms with E-state index in [1.165, 1.54) is 13.1 Å². The predicted octanol–water partition coefficient (Wildman–Crippen LogP) is -0.915. The fraction of sp³-hybridized carbons (Fsp3) is 0.556. The highest BCUT2D eigenvalue weighted by Gasteiger charge is 2.13. The standard InChI is InChI=1S/C8H6O7S.2C5H14N/c9-7(10)4-1-5(8(11)12)3-6(2-4)16(13,14)15;2*1-5-6(2,3)4/h1-3H,(H,9,10)(H,11,12)(H,13,14,15);2*5H2,1-4H3/q;2*+1/p-2. The third-order valence-electron chi connectivity index (χ3n) is 3.57. The summed E-state index contributed by atoms with van der Waals surface area (Å²) in [5.41, 5.74) is -1.37. The van der Waals surface area contributed by atoms with Crippen molar-refractivity contribution in [3.05, 3.63) is 29.3 Å². The van der Waals surface area contributed by atoms with Crippen LogP contribution in [0.15, 0.2) is 23.1 Å². The van der Waals surface area contributed by atoms with Gasteiger partial charge in [0.25, 0.3) is 10.1 Å². The van der Waals surface area contributed by atoms with E-state index in [4.69, 9.17) is 4.55 Å². The molecule has 0 aliphatic carbocycles. The lowest BCUT2D eigenvalue weighted by Gasteiger charge is -2.20. The molecule has 0 heterocycles. The number of quaternary nitrogens is 2. The molecule has 0 radical (unpaired) electrons. The summed E-state index contributed by atoms with van der Waals surface area (Å²) in [5.74, 6) is -3.54. The van der Waals surface area contributed by atoms with Gasteiger partial charge in [0.1, 0.15) is 0 Å². The van der Waals surface area contributed by atoms with E-state index >= 15 is 0 Å². The predicted molar refractivity (Wildman–Crippen MR) is 102 cm³/mol. The first-order valence-corrected chi connectivity index (χ1v) is 9.94. The fourth-order valence-electron chi connectivity index (χ4n) is 0.984. The molecule has 0 aromatic heterocycles. The summed E-state index contributed by atoms with van der Waals surface area (Å²) in [6, 6.07) is 1.83. The van der Waals surface area contributed by atoms with Crippen molar-refractivity contribution in [1.29, 1.82) is 0 Å². The van der Waals surface area contributed by atoms with Gasteiger partial charge in [-0.2, -0.15) is 8.42 Å². The van der Waals surface area contributed by atoms with Gasteiger partial charge in [-0.05, 0) is 43.2 Å². The zero-order valence-corrected chi connectivity index (χ0v) is 18.7. The van der Waals surface area contributed by atoms with Crippen LogP contribution in [0.5, 0.6) is 0 Å². The molecule has 0 saturated heterocycles. The number of carbonyl (C=O) groups excluding carboxylic acids is 2. The molecule has 0 aliphatic heterocycles. The van der Waals surface area contributed by atoms with Crippen molar-refractivity contribution < 1.29 is 41.7 Å². The second kappa shape index (κ2) is 11.1. The maximum atomic E-state index is 10.7. The molecule has 9 nitrogen and oxygen atoms in total. The first-order chi connectivity index (χ1) is 12.3. The summed E-state index contributed by atoms with van der Waals surface area (Å²) in [6.07, 6.45) is 0. The molecular formula is C18H32N2O7S. The van der Waals surface area contributed by atoms with E-state index in [-0.39, 0.29) is 0 Å². The summed E-state index contributed by atoms with van der Waals surface area (Å²) in [6.45, 7) is 6.78. The van der Waals surface area contributed by atoms with E-state index < -0.39 is 38.1 Å². The summed E-state index contributed by atoms with van der Waals surface area (Å²) in [7, 11) is 8.39. The number of aromatic carboxylic acids is 2. The summed E-state index contributed by atoms with van der Waals surface area (Å²) >= 11 is 0. The number of rotatable bonds is 5. The van der Waals surface area contributed by atoms with Crippen molar-refractivity contribution >= 4 is 22.1 Å². The highest BCUT2D eigenvalue weighted by molar-refractivity contribution is 7.85. The van der Waals surface area contributed by atoms with E-state index in [1.54, 1.807) is 0 Å². The minimum atomic E-state index is -4.70. The number of benzene rings is 1. The molecule has 0 aliphatic rings. The van der Waals surface area contributed by atoms with Gasteiger partial charge in [0.05, 0.1) is 72.2 Å². The van der Waals surface area contributed by atoms with Crippen molar-refractivity contribution in [3.63, 3.8) is 0 Å². The van der Waals surface area contributed by atoms with Gasteiger partial charge < -0.3 is 28.8 Å². The molecule has 0 spiro atoms. The molecule has 10 heteroatoms. The SMILES string of the molecule is CC[N+](C)(C)C.CC[N+](C)(C)C.O=C([O-])c1cc(C(=O)[O-])cc(S(=O)(=O)O)c1. The zero-order chi connectivity index (χ0) is 22.9. The van der Waals surface area contributed by atoms with Crippen molar-refractivity contribution in [2.45, 2.75) is 18.7 Å². The van der Waals surface area contributed by atoms with E-state index in [1.807, 2.05) is 0 Å². The average molecular weight is 421 g/mol. The van der Waals surface area contributed by atoms with Gasteiger partial charge >= 0.3 is 0 Å². The molecule has 1 rings (SSSR count). The van der Waals surface area contributed by atoms with Crippen LogP contribution in [0.4, 0.5) is 0 Å². The molecule has 28 heavy (non-hydrogen) atoms. The Labute approximate surface area is 167 Å². The number of nitrogens with zero attached hydrogens (tertiary/aromatic N) is 2. The van der Waals surface area contributed by atoms with Crippen LogP contribution in [0.2, 0.25) is 0 Å². The molecule has 1 N–H and O–H groups in total. The van der Waals surface area contributed by atoms with Crippen LogP contribution in [-0.4, -0.2) is 89.3 Å². The summed E-state index contributed by atoms with van der Waals surface area (Å²) in [5, 5.41) is 20.9. The lowest BCUT2D eigenvalue weighted by molar-refractivity contribution is -0.868. The first-order valence-electron chi connectivity index (χ1n) is 8.50. The van der Waals surface area contributed by atoms with Crippen LogP contribution in [0.3, 0.4) is 0 Å². The normalized spacial score (nSPS) is 11.5. The third kappa shape index (κ3) is 14.1. The Hall–Kier alpha value is -2.01. The molecule has 0 unspecified atom stereocenters. The average Bonchev–Trinajstić information content (AvgIpc) is 2.53. The van der Waals surface area contributed by atoms with Crippen molar-refractivity contribution in [2.24, 2.45) is 0 Å². The van der Waals surface area contributed by atoms with Crippen LogP contribution < -0.4 is 10.2 Å². The first kappa shape index (κ1) is 28.2. The van der Waals surface area contributed by atoms with Crippen LogP contribution in [0, 0.1) is 0 Å². The van der Waals surface area contributed by atoms with Crippen LogP contribution >= 0.6 is 0 Å². The van der Waals surface area contributed by atoms with Gasteiger partial charge in [0.2, 0.25) is 0 Å². The molecular weight excluding hydrogens is 388 g/mol. The van der Waals surface area contributed by atoms with Gasteiger partial charge in [-0.3, -0.25) is 4.55 Å². The Morgan fingerprint density at radius 2 is 1.07 bits per heavy atom. The Morgan fingerprint density at radius 1 is 0.821 bits per heavy atom. The highest BCUT2D eigenvalue weighted by atomic mass is 32.2. The number of carboxylic acid groups (broad SMARTS) is 2. The number of hydrogen-bond donors (Lipinski definition) is 1. The Morgan fingerprint density at radius 3 is 1.21 bits per heavy atom. The van der Waals surface area contributed by atoms with Crippen LogP contribution in [0.1, 0.15) is 34.6 Å². The summed E-state index contributed by atoms with van der Waals surface area (Å²) in [4.78, 5) is 20.1. The van der Waals surface area contributed by atoms with Gasteiger partial charge in [-0.1, -0.05) is 0 Å². The van der Waals surface area contributed by atoms with E-state index in [9.17, 15) is 28.2 Å². The topological polar surface area (TPSA) is 135 Å². The third-order valence-corrected chi connectivity index (χ3v) is 4.40. The molecule has 162 valence electrons. The lowest BCUT2D eigenvalue weighted by atomic mass is 10.1. The smallest absolute Gasteiger partial charge is 0.294 e. The number of hydrogen-bond acceptors (Lipinski definition) is 6. The lowest BCUT2D eigenvalue weighted by Crippen LogP contribution is -2.33. The molecule has 1 aromatic carbocycles. The molecule has 1 aromatic rings. The minimum absolute atomic E-state index is 0.580. The second-order valence-electron chi connectivity index (χ2n) is 8.01. The maximum Gasteiger partial charge on any atom is 0.294 e. The number of carbonyl (C=O) groups is 2. The highest BCUT2D eigenvalue weighted by Crippen LogP contribution is 2.14. The number of carboxylic acids is 2. The van der Waals surface area contributed by atoms with Crippen molar-refractivity contribution in [3.8, 4) is 0 Å². The quantitative estimate of drug-likeness (QED) is 0.481. The van der Waals surface area contributed by atoms with Gasteiger partial charge in [0.15, 0.2) is 0 Å². The van der Waals surface area contributed by atoms with Gasteiger partial charge in [-0.25, -0.2) is 0 Å². The van der Waals surface area contributed by atoms with E-state index in [0.717, 1.165) is 8.97 Å². The zero-order valence-electron chi connectivity index (χ0n) is 17.8. The maximum absolute atomic E-state index is 10.7. The largest absolute Gasteiger partial charge is 0.545 e. The fourth-order valence-corrected chi connectivity index (χ4v) is 1.54. The van der Waals surface area contributed by atoms with Crippen molar-refractivity contribution in [1.82, 2.24) is 0 Å².